The Balaban J connectivity index is 1.95. The second-order valence-corrected chi connectivity index (χ2v) is 10.5. The number of nitrogens with zero attached hydrogens (tertiary/aromatic N) is 5. The number of halogens is 2. The van der Waals surface area contributed by atoms with Crippen LogP contribution in [0.25, 0.3) is 11.3 Å². The minimum absolute atomic E-state index is 0.0452. The Labute approximate surface area is 244 Å². The van der Waals surface area contributed by atoms with Gasteiger partial charge in [-0.05, 0) is 48.7 Å². The molecule has 0 aliphatic carbocycles. The summed E-state index contributed by atoms with van der Waals surface area (Å²) in [6.45, 7) is 10.8. The SMILES string of the molecule is C=CC(=O)N1CCN(/C(=N/C)c2cc(Cl)c(-c3ccccc3F)nc2N(C=O)c2c(O)cccc2C(C)C)C(C)C1. The number of amides is 2. The van der Waals surface area contributed by atoms with Crippen LogP contribution in [0.5, 0.6) is 5.75 Å². The lowest BCUT2D eigenvalue weighted by Crippen LogP contribution is -2.55. The number of piperazine rings is 1. The molecular formula is C31H33ClFN5O3. The summed E-state index contributed by atoms with van der Waals surface area (Å²) in [5.74, 6) is -0.220. The van der Waals surface area contributed by atoms with Gasteiger partial charge < -0.3 is 14.9 Å². The first-order valence-electron chi connectivity index (χ1n) is 13.3. The molecule has 214 valence electrons. The van der Waals surface area contributed by atoms with Crippen molar-refractivity contribution in [2.45, 2.75) is 32.7 Å². The summed E-state index contributed by atoms with van der Waals surface area (Å²) < 4.78 is 14.9. The smallest absolute Gasteiger partial charge is 0.246 e. The van der Waals surface area contributed by atoms with E-state index in [0.29, 0.717) is 43.0 Å². The fraction of sp³-hybridized carbons (Fsp3) is 0.290. The quantitative estimate of drug-likeness (QED) is 0.167. The fourth-order valence-electron chi connectivity index (χ4n) is 5.16. The molecule has 0 saturated carbocycles. The lowest BCUT2D eigenvalue weighted by molar-refractivity contribution is -0.128. The van der Waals surface area contributed by atoms with Crippen LogP contribution >= 0.6 is 11.6 Å². The number of aliphatic imine (C=N–C) groups is 1. The van der Waals surface area contributed by atoms with Gasteiger partial charge in [0, 0.05) is 38.3 Å². The Morgan fingerprint density at radius 3 is 2.59 bits per heavy atom. The summed E-state index contributed by atoms with van der Waals surface area (Å²) in [7, 11) is 1.62. The number of anilines is 2. The Bertz CT molecular complexity index is 1510. The first kappa shape index (κ1) is 29.7. The molecular weight excluding hydrogens is 545 g/mol. The van der Waals surface area contributed by atoms with Crippen LogP contribution in [0.1, 0.15) is 37.8 Å². The van der Waals surface area contributed by atoms with Crippen LogP contribution in [0.2, 0.25) is 5.02 Å². The zero-order valence-corrected chi connectivity index (χ0v) is 24.3. The van der Waals surface area contributed by atoms with Crippen LogP contribution in [-0.2, 0) is 9.59 Å². The molecule has 41 heavy (non-hydrogen) atoms. The number of aromatic hydroxyl groups is 1. The normalized spacial score (nSPS) is 15.7. The predicted molar refractivity (Wildman–Crippen MR) is 160 cm³/mol. The van der Waals surface area contributed by atoms with E-state index in [4.69, 9.17) is 16.6 Å². The van der Waals surface area contributed by atoms with E-state index < -0.39 is 5.82 Å². The van der Waals surface area contributed by atoms with Crippen molar-refractivity contribution >= 4 is 41.3 Å². The van der Waals surface area contributed by atoms with E-state index in [9.17, 15) is 19.1 Å². The number of rotatable bonds is 7. The molecule has 1 saturated heterocycles. The van der Waals surface area contributed by atoms with Crippen LogP contribution in [0.3, 0.4) is 0 Å². The highest BCUT2D eigenvalue weighted by Crippen LogP contribution is 2.42. The average molecular weight is 578 g/mol. The van der Waals surface area contributed by atoms with Crippen molar-refractivity contribution in [2.75, 3.05) is 31.6 Å². The van der Waals surface area contributed by atoms with E-state index >= 15 is 0 Å². The summed E-state index contributed by atoms with van der Waals surface area (Å²) in [5.41, 5.74) is 1.70. The van der Waals surface area contributed by atoms with E-state index in [0.717, 1.165) is 0 Å². The Morgan fingerprint density at radius 1 is 1.24 bits per heavy atom. The molecule has 1 N–H and O–H groups in total. The molecule has 10 heteroatoms. The molecule has 0 spiro atoms. The van der Waals surface area contributed by atoms with Crippen LogP contribution in [0.15, 0.2) is 66.2 Å². The Hall–Kier alpha value is -4.24. The molecule has 0 bridgehead atoms. The van der Waals surface area contributed by atoms with Gasteiger partial charge in [-0.3, -0.25) is 19.5 Å². The first-order valence-corrected chi connectivity index (χ1v) is 13.7. The molecule has 1 atom stereocenters. The molecule has 4 rings (SSSR count). The second-order valence-electron chi connectivity index (χ2n) is 10.1. The maximum Gasteiger partial charge on any atom is 0.246 e. The summed E-state index contributed by atoms with van der Waals surface area (Å²) in [6, 6.07) is 12.6. The lowest BCUT2D eigenvalue weighted by atomic mass is 9.99. The molecule has 2 amide bonds. The van der Waals surface area contributed by atoms with Crippen molar-refractivity contribution in [3.8, 4) is 17.0 Å². The number of hydrogen-bond acceptors (Lipinski definition) is 5. The molecule has 1 aliphatic heterocycles. The number of carbonyl (C=O) groups is 2. The van der Waals surface area contributed by atoms with Gasteiger partial charge in [0.1, 0.15) is 17.4 Å². The van der Waals surface area contributed by atoms with E-state index in [2.05, 4.69) is 11.6 Å². The highest BCUT2D eigenvalue weighted by Gasteiger charge is 2.32. The highest BCUT2D eigenvalue weighted by molar-refractivity contribution is 6.33. The number of amidine groups is 1. The van der Waals surface area contributed by atoms with E-state index in [1.807, 2.05) is 31.7 Å². The molecule has 1 fully saturated rings. The predicted octanol–water partition coefficient (Wildman–Crippen LogP) is 5.76. The van der Waals surface area contributed by atoms with Crippen LogP contribution < -0.4 is 4.90 Å². The van der Waals surface area contributed by atoms with Crippen molar-refractivity contribution in [1.82, 2.24) is 14.8 Å². The topological polar surface area (TPSA) is 89.3 Å². The zero-order chi connectivity index (χ0) is 29.8. The Kier molecular flexibility index (Phi) is 9.08. The van der Waals surface area contributed by atoms with Gasteiger partial charge in [-0.15, -0.1) is 0 Å². The Morgan fingerprint density at radius 2 is 1.98 bits per heavy atom. The van der Waals surface area contributed by atoms with Gasteiger partial charge in [0.15, 0.2) is 5.82 Å². The van der Waals surface area contributed by atoms with Gasteiger partial charge >= 0.3 is 0 Å². The summed E-state index contributed by atoms with van der Waals surface area (Å²) in [4.78, 5) is 39.4. The number of para-hydroxylation sites is 1. The number of aromatic nitrogens is 1. The highest BCUT2D eigenvalue weighted by atomic mass is 35.5. The minimum Gasteiger partial charge on any atom is -0.506 e. The number of pyridine rings is 1. The van der Waals surface area contributed by atoms with Crippen molar-refractivity contribution in [1.29, 1.82) is 0 Å². The number of carbonyl (C=O) groups excluding carboxylic acids is 2. The fourth-order valence-corrected chi connectivity index (χ4v) is 5.41. The second kappa shape index (κ2) is 12.5. The van der Waals surface area contributed by atoms with Gasteiger partial charge in [-0.1, -0.05) is 56.3 Å². The molecule has 1 aliphatic rings. The van der Waals surface area contributed by atoms with Crippen molar-refractivity contribution in [3.63, 3.8) is 0 Å². The monoisotopic (exact) mass is 577 g/mol. The van der Waals surface area contributed by atoms with Crippen LogP contribution in [-0.4, -0.2) is 70.8 Å². The lowest BCUT2D eigenvalue weighted by Gasteiger charge is -2.41. The zero-order valence-electron chi connectivity index (χ0n) is 23.5. The first-order chi connectivity index (χ1) is 19.6. The molecule has 0 radical (unpaired) electrons. The maximum atomic E-state index is 14.9. The van der Waals surface area contributed by atoms with Gasteiger partial charge in [0.25, 0.3) is 0 Å². The molecule has 2 heterocycles. The molecule has 1 aromatic heterocycles. The summed E-state index contributed by atoms with van der Waals surface area (Å²) >= 11 is 6.75. The number of hydrogen-bond donors (Lipinski definition) is 1. The molecule has 3 aromatic rings. The van der Waals surface area contributed by atoms with Gasteiger partial charge in [-0.25, -0.2) is 9.37 Å². The summed E-state index contributed by atoms with van der Waals surface area (Å²) in [6.07, 6.45) is 1.87. The van der Waals surface area contributed by atoms with E-state index in [1.165, 1.54) is 23.1 Å². The third-order valence-electron chi connectivity index (χ3n) is 7.17. The standard InChI is InChI=1S/C31H33ClFN5O3/c1-6-27(41)36-14-15-37(20(4)17-36)30(34-5)23-16-24(32)28(22-10-7-8-12-25(22)33)35-31(23)38(18-39)29-21(19(2)3)11-9-13-26(29)40/h6-13,16,18-20,40H,1,14-15,17H2,2-5H3/b34-30+. The van der Waals surface area contributed by atoms with Gasteiger partial charge in [0.05, 0.1) is 22.0 Å². The van der Waals surface area contributed by atoms with Gasteiger partial charge in [-0.2, -0.15) is 0 Å². The largest absolute Gasteiger partial charge is 0.506 e. The van der Waals surface area contributed by atoms with Gasteiger partial charge in [0.2, 0.25) is 12.3 Å². The van der Waals surface area contributed by atoms with E-state index in [1.54, 1.807) is 42.3 Å². The summed E-state index contributed by atoms with van der Waals surface area (Å²) in [5, 5.41) is 11.1. The number of phenols is 1. The molecule has 2 aromatic carbocycles. The third-order valence-corrected chi connectivity index (χ3v) is 7.45. The van der Waals surface area contributed by atoms with Crippen molar-refractivity contribution < 1.29 is 19.1 Å². The minimum atomic E-state index is -0.523. The number of benzene rings is 2. The van der Waals surface area contributed by atoms with Crippen LogP contribution in [0, 0.1) is 5.82 Å². The third kappa shape index (κ3) is 5.81. The molecule has 1 unspecified atom stereocenters. The van der Waals surface area contributed by atoms with Crippen molar-refractivity contribution in [3.05, 3.63) is 83.2 Å². The maximum absolute atomic E-state index is 14.9. The van der Waals surface area contributed by atoms with Crippen LogP contribution in [0.4, 0.5) is 15.9 Å². The number of phenolic OH excluding ortho intramolecular Hbond substituents is 1. The van der Waals surface area contributed by atoms with E-state index in [-0.39, 0.29) is 51.4 Å². The molecule has 8 nitrogen and oxygen atoms in total. The van der Waals surface area contributed by atoms with Crippen molar-refractivity contribution in [2.24, 2.45) is 4.99 Å². The average Bonchev–Trinajstić information content (AvgIpc) is 2.96.